The lowest BCUT2D eigenvalue weighted by atomic mass is 10.3. The van der Waals surface area contributed by atoms with Crippen molar-refractivity contribution in [2.24, 2.45) is 7.05 Å². The first kappa shape index (κ1) is 12.9. The number of benzene rings is 1. The summed E-state index contributed by atoms with van der Waals surface area (Å²) < 4.78 is 7.53. The van der Waals surface area contributed by atoms with E-state index in [9.17, 15) is 4.79 Å². The maximum absolute atomic E-state index is 12.0. The highest BCUT2D eigenvalue weighted by Gasteiger charge is 2.14. The summed E-state index contributed by atoms with van der Waals surface area (Å²) in [6.07, 6.45) is 1.79. The molecule has 1 aromatic carbocycles. The first-order valence-corrected chi connectivity index (χ1v) is 6.32. The molecule has 6 heteroatoms. The van der Waals surface area contributed by atoms with E-state index < -0.39 is 0 Å². The van der Waals surface area contributed by atoms with Crippen molar-refractivity contribution in [3.05, 3.63) is 39.7 Å². The Labute approximate surface area is 118 Å². The van der Waals surface area contributed by atoms with Gasteiger partial charge in [0.15, 0.2) is 5.69 Å². The Morgan fingerprint density at radius 3 is 2.89 bits per heavy atom. The van der Waals surface area contributed by atoms with Gasteiger partial charge in [0.1, 0.15) is 5.75 Å². The predicted molar refractivity (Wildman–Crippen MR) is 76.9 cm³/mol. The number of amides is 1. The molecule has 2 rings (SSSR count). The second kappa shape index (κ2) is 5.38. The summed E-state index contributed by atoms with van der Waals surface area (Å²) >= 11 is 2.08. The molecule has 0 aliphatic rings. The quantitative estimate of drug-likeness (QED) is 0.858. The Hall–Kier alpha value is -1.57. The fraction of sp³-hybridized carbons (Fsp3) is 0.167. The molecule has 1 N–H and O–H groups in total. The first-order valence-electron chi connectivity index (χ1n) is 5.24. The lowest BCUT2D eigenvalue weighted by molar-refractivity contribution is 0.102. The van der Waals surface area contributed by atoms with E-state index >= 15 is 0 Å². The van der Waals surface area contributed by atoms with Crippen LogP contribution in [0.5, 0.6) is 5.75 Å². The van der Waals surface area contributed by atoms with Gasteiger partial charge in [-0.3, -0.25) is 9.48 Å². The van der Waals surface area contributed by atoms with Gasteiger partial charge in [0, 0.05) is 25.0 Å². The van der Waals surface area contributed by atoms with Crippen LogP contribution in [0, 0.1) is 3.57 Å². The zero-order chi connectivity index (χ0) is 13.1. The second-order valence-corrected chi connectivity index (χ2v) is 4.85. The lowest BCUT2D eigenvalue weighted by Gasteiger charge is -2.05. The normalized spacial score (nSPS) is 10.2. The summed E-state index contributed by atoms with van der Waals surface area (Å²) in [5.74, 6) is 0.469. The molecule has 0 aliphatic heterocycles. The van der Waals surface area contributed by atoms with Crippen LogP contribution in [0.2, 0.25) is 0 Å². The number of carbonyl (C=O) groups excluding carboxylic acids is 1. The highest BCUT2D eigenvalue weighted by molar-refractivity contribution is 14.1. The van der Waals surface area contributed by atoms with Crippen LogP contribution in [0.25, 0.3) is 0 Å². The number of nitrogens with one attached hydrogen (secondary N) is 1. The predicted octanol–water partition coefficient (Wildman–Crippen LogP) is 2.29. The fourth-order valence-electron chi connectivity index (χ4n) is 1.50. The summed E-state index contributed by atoms with van der Waals surface area (Å²) in [4.78, 5) is 12.0. The molecule has 0 saturated heterocycles. The van der Waals surface area contributed by atoms with Gasteiger partial charge >= 0.3 is 0 Å². The minimum Gasteiger partial charge on any atom is -0.497 e. The van der Waals surface area contributed by atoms with Gasteiger partial charge in [0.2, 0.25) is 0 Å². The van der Waals surface area contributed by atoms with Crippen molar-refractivity contribution in [2.75, 3.05) is 12.4 Å². The molecule has 1 heterocycles. The number of nitrogens with zero attached hydrogens (tertiary/aromatic N) is 2. The Morgan fingerprint density at radius 1 is 1.50 bits per heavy atom. The van der Waals surface area contributed by atoms with Gasteiger partial charge in [-0.2, -0.15) is 5.10 Å². The first-order chi connectivity index (χ1) is 8.60. The number of methoxy groups -OCH3 is 1. The van der Waals surface area contributed by atoms with Crippen LogP contribution in [-0.2, 0) is 7.05 Å². The van der Waals surface area contributed by atoms with Crippen LogP contribution in [0.3, 0.4) is 0 Å². The van der Waals surface area contributed by atoms with E-state index in [0.717, 1.165) is 3.57 Å². The van der Waals surface area contributed by atoms with Crippen molar-refractivity contribution < 1.29 is 9.53 Å². The number of hydrogen-bond acceptors (Lipinski definition) is 3. The Bertz CT molecular complexity index is 580. The van der Waals surface area contributed by atoms with Crippen molar-refractivity contribution in [3.8, 4) is 5.75 Å². The molecule has 0 bridgehead atoms. The Kier molecular flexibility index (Phi) is 3.85. The molecule has 2 aromatic rings. The van der Waals surface area contributed by atoms with E-state index in [2.05, 4.69) is 33.0 Å². The third-order valence-corrected chi connectivity index (χ3v) is 3.12. The van der Waals surface area contributed by atoms with E-state index in [1.165, 1.54) is 0 Å². The molecule has 94 valence electrons. The van der Waals surface area contributed by atoms with Crippen molar-refractivity contribution in [1.29, 1.82) is 0 Å². The second-order valence-electron chi connectivity index (χ2n) is 3.69. The molecule has 1 aromatic heterocycles. The highest BCUT2D eigenvalue weighted by atomic mass is 127. The minimum atomic E-state index is -0.228. The van der Waals surface area contributed by atoms with Crippen LogP contribution in [-0.4, -0.2) is 22.8 Å². The van der Waals surface area contributed by atoms with Gasteiger partial charge in [0.05, 0.1) is 10.7 Å². The van der Waals surface area contributed by atoms with Crippen LogP contribution >= 0.6 is 22.6 Å². The molecule has 0 atom stereocenters. The number of ether oxygens (including phenoxy) is 1. The van der Waals surface area contributed by atoms with Crippen molar-refractivity contribution in [3.63, 3.8) is 0 Å². The van der Waals surface area contributed by atoms with E-state index in [0.29, 0.717) is 17.1 Å². The van der Waals surface area contributed by atoms with Gasteiger partial charge < -0.3 is 10.1 Å². The number of halogens is 1. The van der Waals surface area contributed by atoms with Crippen molar-refractivity contribution in [1.82, 2.24) is 9.78 Å². The average molecular weight is 357 g/mol. The smallest absolute Gasteiger partial charge is 0.277 e. The maximum Gasteiger partial charge on any atom is 0.277 e. The molecule has 0 radical (unpaired) electrons. The molecule has 0 unspecified atom stereocenters. The third-order valence-electron chi connectivity index (χ3n) is 2.33. The third kappa shape index (κ3) is 2.81. The monoisotopic (exact) mass is 357 g/mol. The van der Waals surface area contributed by atoms with Crippen LogP contribution < -0.4 is 10.1 Å². The lowest BCUT2D eigenvalue weighted by Crippen LogP contribution is -2.14. The van der Waals surface area contributed by atoms with Gasteiger partial charge in [-0.05, 0) is 34.7 Å². The summed E-state index contributed by atoms with van der Waals surface area (Å²) in [7, 11) is 3.37. The standard InChI is InChI=1S/C12H12IN3O2/c1-16-7-10(13)11(15-16)12(17)14-8-4-3-5-9(6-8)18-2/h3-7H,1-2H3,(H,14,17). The Morgan fingerprint density at radius 2 is 2.28 bits per heavy atom. The fourth-order valence-corrected chi connectivity index (χ4v) is 2.26. The number of rotatable bonds is 3. The van der Waals surface area contributed by atoms with Crippen molar-refractivity contribution in [2.45, 2.75) is 0 Å². The number of hydrogen-bond donors (Lipinski definition) is 1. The molecule has 0 saturated carbocycles. The van der Waals surface area contributed by atoms with Gasteiger partial charge in [-0.15, -0.1) is 0 Å². The molecule has 18 heavy (non-hydrogen) atoms. The van der Waals surface area contributed by atoms with E-state index in [4.69, 9.17) is 4.74 Å². The zero-order valence-corrected chi connectivity index (χ0v) is 12.1. The minimum absolute atomic E-state index is 0.228. The largest absolute Gasteiger partial charge is 0.497 e. The SMILES string of the molecule is COc1cccc(NC(=O)c2nn(C)cc2I)c1. The Balaban J connectivity index is 2.18. The molecule has 0 fully saturated rings. The maximum atomic E-state index is 12.0. The van der Waals surface area contributed by atoms with E-state index in [-0.39, 0.29) is 5.91 Å². The average Bonchev–Trinajstić information content (AvgIpc) is 2.69. The highest BCUT2D eigenvalue weighted by Crippen LogP contribution is 2.18. The van der Waals surface area contributed by atoms with Crippen LogP contribution in [0.15, 0.2) is 30.5 Å². The molecule has 0 aliphatic carbocycles. The summed E-state index contributed by atoms with van der Waals surface area (Å²) in [6, 6.07) is 7.20. The van der Waals surface area contributed by atoms with Crippen LogP contribution in [0.4, 0.5) is 5.69 Å². The molecule has 0 spiro atoms. The molecular weight excluding hydrogens is 345 g/mol. The number of aromatic nitrogens is 2. The summed E-state index contributed by atoms with van der Waals surface area (Å²) in [6.45, 7) is 0. The van der Waals surface area contributed by atoms with Gasteiger partial charge in [-0.1, -0.05) is 6.07 Å². The molecule has 5 nitrogen and oxygen atoms in total. The van der Waals surface area contributed by atoms with Crippen molar-refractivity contribution >= 4 is 34.2 Å². The number of aryl methyl sites for hydroxylation is 1. The molecular formula is C12H12IN3O2. The zero-order valence-electron chi connectivity index (χ0n) is 9.98. The summed E-state index contributed by atoms with van der Waals surface area (Å²) in [5, 5.41) is 6.90. The number of anilines is 1. The van der Waals surface area contributed by atoms with Gasteiger partial charge in [0.25, 0.3) is 5.91 Å². The van der Waals surface area contributed by atoms with Crippen LogP contribution in [0.1, 0.15) is 10.5 Å². The number of carbonyl (C=O) groups is 1. The van der Waals surface area contributed by atoms with Gasteiger partial charge in [-0.25, -0.2) is 0 Å². The van der Waals surface area contributed by atoms with E-state index in [1.54, 1.807) is 37.2 Å². The summed E-state index contributed by atoms with van der Waals surface area (Å²) in [5.41, 5.74) is 1.10. The van der Waals surface area contributed by atoms with E-state index in [1.807, 2.05) is 12.1 Å². The molecule has 1 amide bonds. The topological polar surface area (TPSA) is 56.1 Å².